The van der Waals surface area contributed by atoms with Crippen molar-refractivity contribution in [2.45, 2.75) is 91.0 Å². The number of halogens is 2. The van der Waals surface area contributed by atoms with Gasteiger partial charge in [-0.2, -0.15) is 4.98 Å². The number of carbonyl (C=O) groups is 5. The molecule has 0 aliphatic carbocycles. The molecule has 0 bridgehead atoms. The van der Waals surface area contributed by atoms with Crippen LogP contribution in [-0.4, -0.2) is 154 Å². The average molecular weight is 1110 g/mol. The Kier molecular flexibility index (Phi) is 18.2. The number of hydrogen-bond donors (Lipinski definition) is 5. The second kappa shape index (κ2) is 24.8. The number of benzene rings is 4. The molecule has 5 N–H and O–H groups in total. The molecule has 0 unspecified atom stereocenters. The van der Waals surface area contributed by atoms with Crippen molar-refractivity contribution in [3.63, 3.8) is 0 Å². The number of aryl methyl sites for hydroxylation is 1. The van der Waals surface area contributed by atoms with Gasteiger partial charge in [-0.05, 0) is 77.8 Å². The predicted octanol–water partition coefficient (Wildman–Crippen LogP) is 7.48. The van der Waals surface area contributed by atoms with Crippen molar-refractivity contribution >= 4 is 85.9 Å². The molecule has 8 rings (SSSR count). The van der Waals surface area contributed by atoms with E-state index in [4.69, 9.17) is 21.3 Å². The number of amides is 5. The number of aromatic nitrogens is 3. The highest BCUT2D eigenvalue weighted by Crippen LogP contribution is 2.42. The fourth-order valence-corrected chi connectivity index (χ4v) is 11.0. The molecular weight excluding hydrogens is 1040 g/mol. The van der Waals surface area contributed by atoms with Crippen LogP contribution in [0, 0.1) is 18.2 Å². The van der Waals surface area contributed by atoms with Crippen molar-refractivity contribution < 1.29 is 43.3 Å². The van der Waals surface area contributed by atoms with Gasteiger partial charge in [0.05, 0.1) is 33.3 Å². The van der Waals surface area contributed by atoms with E-state index in [0.29, 0.717) is 66.6 Å². The number of unbranched alkanes of at least 4 members (excludes halogenated alkanes) is 1. The van der Waals surface area contributed by atoms with Gasteiger partial charge in [0, 0.05) is 90.2 Å². The SMILES string of the molecule is Cc1ncsc1-c1ccc([C@H](C)NC(=O)[C@@H]2C[C@@H](O)CN2C(=O)[C@@H](NC(=O)COCCCCC(=O)N2CCN(c3nc(NCCC(=O)N(C)C)nc4c(F)c(-c5cc(O)cc6ccccc56)c(Cl)cc34)CC2)C(C)(C)C)cc1. The number of fused-ring (bicyclic) bond motifs is 2. The normalized spacial score (nSPS) is 16.6. The third kappa shape index (κ3) is 13.3. The fourth-order valence-electron chi connectivity index (χ4n) is 9.94. The predicted molar refractivity (Wildman–Crippen MR) is 301 cm³/mol. The largest absolute Gasteiger partial charge is 0.508 e. The Morgan fingerprint density at radius 3 is 2.37 bits per heavy atom. The van der Waals surface area contributed by atoms with E-state index >= 15 is 4.39 Å². The van der Waals surface area contributed by atoms with Gasteiger partial charge < -0.3 is 50.5 Å². The number of nitrogens with zero attached hydrogens (tertiary/aromatic N) is 7. The first-order valence-corrected chi connectivity index (χ1v) is 27.5. The highest BCUT2D eigenvalue weighted by molar-refractivity contribution is 7.13. The Morgan fingerprint density at radius 2 is 1.68 bits per heavy atom. The van der Waals surface area contributed by atoms with E-state index in [9.17, 15) is 34.2 Å². The molecule has 78 heavy (non-hydrogen) atoms. The Morgan fingerprint density at radius 1 is 0.949 bits per heavy atom. The van der Waals surface area contributed by atoms with E-state index in [-0.39, 0.29) is 91.2 Å². The molecule has 2 saturated heterocycles. The number of phenols is 1. The van der Waals surface area contributed by atoms with E-state index in [2.05, 4.69) is 25.9 Å². The van der Waals surface area contributed by atoms with Gasteiger partial charge in [0.15, 0.2) is 5.82 Å². The van der Waals surface area contributed by atoms with Crippen LogP contribution in [0.3, 0.4) is 0 Å². The van der Waals surface area contributed by atoms with Gasteiger partial charge in [-0.15, -0.1) is 11.3 Å². The summed E-state index contributed by atoms with van der Waals surface area (Å²) < 4.78 is 22.7. The first-order chi connectivity index (χ1) is 37.2. The molecule has 0 saturated carbocycles. The summed E-state index contributed by atoms with van der Waals surface area (Å²) in [6, 6.07) is 17.5. The number of likely N-dealkylation sites (tertiary alicyclic amines) is 1. The Hall–Kier alpha value is -7.00. The number of β-amino-alcohol motifs (C(OH)–C–C–N with tert-alkyl or cyclic N) is 1. The number of aliphatic hydroxyl groups excluding tert-OH is 1. The first-order valence-electron chi connectivity index (χ1n) is 26.2. The maximum absolute atomic E-state index is 17.0. The van der Waals surface area contributed by atoms with Crippen LogP contribution in [0.1, 0.15) is 77.1 Å². The Bertz CT molecular complexity index is 3180. The number of thiazole rings is 1. The van der Waals surface area contributed by atoms with Gasteiger partial charge in [-0.3, -0.25) is 24.0 Å². The summed E-state index contributed by atoms with van der Waals surface area (Å²) in [7, 11) is 3.32. The summed E-state index contributed by atoms with van der Waals surface area (Å²) >= 11 is 8.47. The molecule has 2 aliphatic heterocycles. The summed E-state index contributed by atoms with van der Waals surface area (Å²) in [5.41, 5.74) is 4.37. The molecule has 2 aromatic heterocycles. The summed E-state index contributed by atoms with van der Waals surface area (Å²) in [4.78, 5) is 88.4. The molecule has 4 atom stereocenters. The number of aliphatic hydroxyl groups is 1. The van der Waals surface area contributed by atoms with Gasteiger partial charge in [0.1, 0.15) is 35.8 Å². The molecular formula is C57H68ClFN10O8S. The monoisotopic (exact) mass is 1110 g/mol. The summed E-state index contributed by atoms with van der Waals surface area (Å²) in [5.74, 6) is -1.78. The minimum Gasteiger partial charge on any atom is -0.508 e. The lowest BCUT2D eigenvalue weighted by Gasteiger charge is -2.36. The standard InChI is InChI=1S/C57H68ClFN10O8S/c1-33(35-15-17-36(18-16-35)51-34(2)61-32-78-51)62-54(75)44-28-39(71)30-69(44)55(76)52(57(3,4)5)63-45(72)31-77-25-11-10-14-47(74)67-21-23-68(24-22-67)53-42-29-43(58)48(41-27-38(70)26-37-12-8-9-13-40(37)41)49(59)50(42)64-56(65-53)60-20-19-46(73)66(6)7/h8-9,12-13,15-18,26-27,29,32-33,39,44,52,70-71H,10-11,14,19-25,28,30-31H2,1-7H3,(H,62,75)(H,63,72)(H,60,64,65)/t33-,39+,44-,52+/m0/s1. The summed E-state index contributed by atoms with van der Waals surface area (Å²) in [5, 5.41) is 32.1. The van der Waals surface area contributed by atoms with Crippen molar-refractivity contribution in [3.05, 3.63) is 94.3 Å². The van der Waals surface area contributed by atoms with E-state index < -0.39 is 47.1 Å². The minimum absolute atomic E-state index is 0.00120. The molecule has 5 amide bonds. The zero-order valence-electron chi connectivity index (χ0n) is 45.1. The van der Waals surface area contributed by atoms with Gasteiger partial charge in [-0.1, -0.05) is 80.9 Å². The number of ether oxygens (including phenoxy) is 1. The lowest BCUT2D eigenvalue weighted by atomic mass is 9.85. The average Bonchev–Trinajstić information content (AvgIpc) is 4.18. The van der Waals surface area contributed by atoms with E-state index in [1.807, 2.05) is 88.0 Å². The Balaban J connectivity index is 0.826. The number of aromatic hydroxyl groups is 1. The number of rotatable bonds is 19. The first kappa shape index (κ1) is 57.2. The Labute approximate surface area is 462 Å². The molecule has 6 aromatic rings. The third-order valence-electron chi connectivity index (χ3n) is 14.3. The van der Waals surface area contributed by atoms with Crippen molar-refractivity contribution in [1.29, 1.82) is 0 Å². The lowest BCUT2D eigenvalue weighted by molar-refractivity contribution is -0.144. The number of piperazine rings is 1. The van der Waals surface area contributed by atoms with Gasteiger partial charge in [0.2, 0.25) is 35.5 Å². The molecule has 0 radical (unpaired) electrons. The quantitative estimate of drug-likeness (QED) is 0.0497. The fraction of sp³-hybridized carbons (Fsp3) is 0.439. The van der Waals surface area contributed by atoms with E-state index in [0.717, 1.165) is 21.7 Å². The molecule has 0 spiro atoms. The second-order valence-electron chi connectivity index (χ2n) is 21.3. The van der Waals surface area contributed by atoms with Crippen molar-refractivity contribution in [1.82, 2.24) is 40.3 Å². The van der Waals surface area contributed by atoms with Crippen LogP contribution in [0.15, 0.2) is 72.2 Å². The number of anilines is 2. The second-order valence-corrected chi connectivity index (χ2v) is 22.5. The zero-order chi connectivity index (χ0) is 56.0. The number of nitrogens with one attached hydrogen (secondary N) is 3. The third-order valence-corrected chi connectivity index (χ3v) is 15.5. The maximum Gasteiger partial charge on any atom is 0.246 e. The molecule has 18 nitrogen and oxygen atoms in total. The summed E-state index contributed by atoms with van der Waals surface area (Å²) in [6.45, 7) is 10.7. The van der Waals surface area contributed by atoms with E-state index in [1.54, 1.807) is 48.0 Å². The molecule has 2 fully saturated rings. The number of carbonyl (C=O) groups excluding carboxylic acids is 5. The minimum atomic E-state index is -1.02. The summed E-state index contributed by atoms with van der Waals surface area (Å²) in [6.07, 6.45) is 0.530. The van der Waals surface area contributed by atoms with Crippen LogP contribution < -0.4 is 20.9 Å². The van der Waals surface area contributed by atoms with Crippen molar-refractivity contribution in [2.24, 2.45) is 5.41 Å². The van der Waals surface area contributed by atoms with Gasteiger partial charge in [-0.25, -0.2) is 14.4 Å². The van der Waals surface area contributed by atoms with E-state index in [1.165, 1.54) is 15.9 Å². The van der Waals surface area contributed by atoms with Crippen LogP contribution in [0.25, 0.3) is 43.2 Å². The number of phenolic OH excluding ortho intramolecular Hbond substituents is 1. The van der Waals surface area contributed by atoms with Gasteiger partial charge >= 0.3 is 0 Å². The lowest BCUT2D eigenvalue weighted by Crippen LogP contribution is -2.58. The molecule has 414 valence electrons. The van der Waals surface area contributed by atoms with Crippen LogP contribution in [-0.2, 0) is 28.7 Å². The number of hydrogen-bond acceptors (Lipinski definition) is 14. The van der Waals surface area contributed by atoms with Crippen LogP contribution in [0.2, 0.25) is 5.02 Å². The topological polar surface area (TPSA) is 223 Å². The molecule has 2 aliphatic rings. The van der Waals surface area contributed by atoms with Crippen molar-refractivity contribution in [2.75, 3.05) is 76.8 Å². The highest BCUT2D eigenvalue weighted by atomic mass is 35.5. The molecule has 4 heterocycles. The zero-order valence-corrected chi connectivity index (χ0v) is 46.6. The van der Waals surface area contributed by atoms with Gasteiger partial charge in [0.25, 0.3) is 0 Å². The van der Waals surface area contributed by atoms with Crippen LogP contribution in [0.4, 0.5) is 16.2 Å². The maximum atomic E-state index is 17.0. The van der Waals surface area contributed by atoms with Crippen molar-refractivity contribution in [3.8, 4) is 27.3 Å². The van der Waals surface area contributed by atoms with Crippen LogP contribution in [0.5, 0.6) is 5.75 Å². The molecule has 21 heteroatoms. The smallest absolute Gasteiger partial charge is 0.246 e. The highest BCUT2D eigenvalue weighted by Gasteiger charge is 2.45. The molecule has 4 aromatic carbocycles. The van der Waals surface area contributed by atoms with Crippen LogP contribution >= 0.6 is 22.9 Å².